The minimum atomic E-state index is -4.06. The first kappa shape index (κ1) is 26.7. The van der Waals surface area contributed by atoms with Gasteiger partial charge in [0.2, 0.25) is 16.0 Å². The van der Waals surface area contributed by atoms with Crippen LogP contribution < -0.4 is 4.72 Å². The molecule has 1 fully saturated rings. The van der Waals surface area contributed by atoms with Crippen molar-refractivity contribution in [3.05, 3.63) is 29.1 Å². The third-order valence-electron chi connectivity index (χ3n) is 5.25. The third kappa shape index (κ3) is 6.19. The number of anilines is 1. The highest BCUT2D eigenvalue weighted by atomic mass is 35.5. The Balaban J connectivity index is 1.92. The lowest BCUT2D eigenvalue weighted by molar-refractivity contribution is -0.0982. The second kappa shape index (κ2) is 12.2. The summed E-state index contributed by atoms with van der Waals surface area (Å²) in [5.74, 6) is 0.512. The van der Waals surface area contributed by atoms with Gasteiger partial charge in [-0.2, -0.15) is 0 Å². The average Bonchev–Trinajstić information content (AvgIpc) is 3.24. The molecule has 1 unspecified atom stereocenters. The number of rotatable bonds is 12. The summed E-state index contributed by atoms with van der Waals surface area (Å²) in [4.78, 5) is 8.18. The van der Waals surface area contributed by atoms with Crippen molar-refractivity contribution in [3.63, 3.8) is 0 Å². The molecular weight excluding hydrogens is 492 g/mol. The zero-order valence-corrected chi connectivity index (χ0v) is 21.0. The molecule has 1 aliphatic rings. The van der Waals surface area contributed by atoms with E-state index >= 15 is 0 Å². The largest absolute Gasteiger partial charge is 0.385 e. The highest BCUT2D eigenvalue weighted by molar-refractivity contribution is 7.93. The van der Waals surface area contributed by atoms with E-state index < -0.39 is 33.7 Å². The molecule has 0 saturated carbocycles. The Morgan fingerprint density at radius 1 is 1.21 bits per heavy atom. The van der Waals surface area contributed by atoms with Crippen molar-refractivity contribution in [2.45, 2.75) is 37.0 Å². The second-order valence-electron chi connectivity index (χ2n) is 7.43. The van der Waals surface area contributed by atoms with Crippen molar-refractivity contribution < 1.29 is 32.1 Å². The van der Waals surface area contributed by atoms with E-state index in [2.05, 4.69) is 24.9 Å². The maximum absolute atomic E-state index is 13.3. The lowest BCUT2D eigenvalue weighted by Gasteiger charge is -2.27. The predicted octanol–water partition coefficient (Wildman–Crippen LogP) is 1.51. The fraction of sp³-hybridized carbons (Fsp3) is 0.684. The number of methoxy groups -OCH3 is 3. The molecule has 3 heterocycles. The molecule has 1 N–H and O–H groups in total. The smallest absolute Gasteiger partial charge is 0.240 e. The van der Waals surface area contributed by atoms with Gasteiger partial charge in [-0.15, -0.1) is 10.2 Å². The summed E-state index contributed by atoms with van der Waals surface area (Å²) in [5.41, 5.74) is 0. The van der Waals surface area contributed by atoms with Gasteiger partial charge in [0.25, 0.3) is 0 Å². The van der Waals surface area contributed by atoms with Gasteiger partial charge in [0.15, 0.2) is 11.6 Å². The Hall–Kier alpha value is -1.94. The molecule has 2 aromatic heterocycles. The molecule has 1 aliphatic heterocycles. The van der Waals surface area contributed by atoms with Crippen LogP contribution in [0.15, 0.2) is 12.4 Å². The molecule has 2 aromatic rings. The average molecular weight is 521 g/mol. The molecular formula is C19H29ClN6O7S. The van der Waals surface area contributed by atoms with Crippen LogP contribution in [0.25, 0.3) is 0 Å². The highest BCUT2D eigenvalue weighted by Crippen LogP contribution is 2.30. The molecule has 0 spiro atoms. The van der Waals surface area contributed by atoms with Gasteiger partial charge in [-0.3, -0.25) is 9.29 Å². The number of nitrogens with zero attached hydrogens (tertiary/aromatic N) is 5. The van der Waals surface area contributed by atoms with Gasteiger partial charge >= 0.3 is 0 Å². The summed E-state index contributed by atoms with van der Waals surface area (Å²) in [6.07, 6.45) is 1.03. The summed E-state index contributed by atoms with van der Waals surface area (Å²) < 4.78 is 58.1. The molecule has 0 aliphatic carbocycles. The minimum absolute atomic E-state index is 0.0362. The molecule has 0 radical (unpaired) electrons. The van der Waals surface area contributed by atoms with E-state index in [9.17, 15) is 8.42 Å². The van der Waals surface area contributed by atoms with E-state index in [4.69, 9.17) is 35.3 Å². The molecule has 13 nitrogen and oxygen atoms in total. The van der Waals surface area contributed by atoms with Crippen molar-refractivity contribution in [3.8, 4) is 0 Å². The van der Waals surface area contributed by atoms with Crippen LogP contribution in [-0.2, 0) is 33.7 Å². The van der Waals surface area contributed by atoms with Gasteiger partial charge in [-0.1, -0.05) is 11.6 Å². The van der Waals surface area contributed by atoms with Crippen molar-refractivity contribution in [2.75, 3.05) is 52.5 Å². The topological polar surface area (TPSA) is 149 Å². The summed E-state index contributed by atoms with van der Waals surface area (Å²) in [6, 6.07) is 0. The Morgan fingerprint density at radius 3 is 2.53 bits per heavy atom. The summed E-state index contributed by atoms with van der Waals surface area (Å²) in [5, 5.41) is 7.49. The Morgan fingerprint density at radius 2 is 1.94 bits per heavy atom. The van der Waals surface area contributed by atoms with E-state index in [1.54, 1.807) is 11.7 Å². The molecule has 34 heavy (non-hydrogen) atoms. The number of sulfonamides is 1. The first-order chi connectivity index (χ1) is 16.3. The van der Waals surface area contributed by atoms with Gasteiger partial charge in [-0.05, 0) is 6.92 Å². The van der Waals surface area contributed by atoms with Crippen LogP contribution in [0.5, 0.6) is 0 Å². The molecule has 4 atom stereocenters. The van der Waals surface area contributed by atoms with E-state index in [0.29, 0.717) is 37.1 Å². The van der Waals surface area contributed by atoms with Gasteiger partial charge < -0.3 is 23.7 Å². The van der Waals surface area contributed by atoms with Crippen LogP contribution in [0.3, 0.4) is 0 Å². The van der Waals surface area contributed by atoms with E-state index in [-0.39, 0.29) is 18.4 Å². The van der Waals surface area contributed by atoms with Gasteiger partial charge in [0, 0.05) is 40.1 Å². The standard InChI is InChI=1S/C19H29ClN6O7S/c1-12(16(31-4)17-21-9-13(20)10-22-17)34(27,28)25-19-24-23-18(14-11-32-7-8-33-14)26(19)15(30-3)5-6-29-2/h9-10,12,14-16H,5-8,11H2,1-4H3,(H,24,25)/t12-,14-,15?,16-/m0/s1. The third-order valence-corrected chi connectivity index (χ3v) is 7.14. The molecule has 15 heteroatoms. The number of hydrogen-bond acceptors (Lipinski definition) is 11. The summed E-state index contributed by atoms with van der Waals surface area (Å²) >= 11 is 5.85. The van der Waals surface area contributed by atoms with Crippen LogP contribution in [0.1, 0.15) is 43.4 Å². The fourth-order valence-corrected chi connectivity index (χ4v) is 4.68. The van der Waals surface area contributed by atoms with Crippen molar-refractivity contribution >= 4 is 27.6 Å². The lowest BCUT2D eigenvalue weighted by Crippen LogP contribution is -2.34. The molecule has 0 aromatic carbocycles. The van der Waals surface area contributed by atoms with E-state index in [1.165, 1.54) is 33.5 Å². The number of halogens is 1. The predicted molar refractivity (Wildman–Crippen MR) is 121 cm³/mol. The number of hydrogen-bond donors (Lipinski definition) is 1. The van der Waals surface area contributed by atoms with Crippen LogP contribution >= 0.6 is 11.6 Å². The lowest BCUT2D eigenvalue weighted by atomic mass is 10.2. The fourth-order valence-electron chi connectivity index (χ4n) is 3.44. The van der Waals surface area contributed by atoms with Gasteiger partial charge in [-0.25, -0.2) is 18.4 Å². The van der Waals surface area contributed by atoms with Crippen LogP contribution in [0.2, 0.25) is 5.02 Å². The maximum atomic E-state index is 13.3. The van der Waals surface area contributed by atoms with E-state index in [1.807, 2.05) is 0 Å². The SMILES string of the molecule is COCCC(OC)n1c(NS(=O)(=O)[C@@H](C)[C@H](OC)c2ncc(Cl)cn2)nnc1[C@@H]1COCCO1. The van der Waals surface area contributed by atoms with Crippen LogP contribution in [0, 0.1) is 0 Å². The maximum Gasteiger partial charge on any atom is 0.240 e. The van der Waals surface area contributed by atoms with E-state index in [0.717, 1.165) is 0 Å². The quantitative estimate of drug-likeness (QED) is 0.433. The molecule has 0 bridgehead atoms. The minimum Gasteiger partial charge on any atom is -0.385 e. The molecule has 190 valence electrons. The summed E-state index contributed by atoms with van der Waals surface area (Å²) in [7, 11) is 0.386. The van der Waals surface area contributed by atoms with Crippen molar-refractivity contribution in [1.82, 2.24) is 24.7 Å². The zero-order chi connectivity index (χ0) is 24.7. The molecule has 1 saturated heterocycles. The second-order valence-corrected chi connectivity index (χ2v) is 9.90. The Bertz CT molecular complexity index is 1020. The van der Waals surface area contributed by atoms with Crippen LogP contribution in [-0.4, -0.2) is 86.2 Å². The van der Waals surface area contributed by atoms with Gasteiger partial charge in [0.05, 0.1) is 31.5 Å². The first-order valence-electron chi connectivity index (χ1n) is 10.5. The van der Waals surface area contributed by atoms with Crippen molar-refractivity contribution in [1.29, 1.82) is 0 Å². The number of aromatic nitrogens is 5. The summed E-state index contributed by atoms with van der Waals surface area (Å²) in [6.45, 7) is 2.93. The molecule has 0 amide bonds. The first-order valence-corrected chi connectivity index (χ1v) is 12.4. The number of nitrogens with one attached hydrogen (secondary N) is 1. The normalized spacial score (nSPS) is 19.5. The van der Waals surface area contributed by atoms with Crippen molar-refractivity contribution in [2.24, 2.45) is 0 Å². The highest BCUT2D eigenvalue weighted by Gasteiger charge is 2.36. The zero-order valence-electron chi connectivity index (χ0n) is 19.4. The van der Waals surface area contributed by atoms with Gasteiger partial charge in [0.1, 0.15) is 23.7 Å². The van der Waals surface area contributed by atoms with Crippen LogP contribution in [0.4, 0.5) is 5.95 Å². The number of ether oxygens (including phenoxy) is 5. The molecule has 3 rings (SSSR count). The monoisotopic (exact) mass is 520 g/mol. The Kier molecular flexibility index (Phi) is 9.53. The Labute approximate surface area is 203 Å².